The van der Waals surface area contributed by atoms with Crippen LogP contribution in [0.2, 0.25) is 0 Å². The van der Waals surface area contributed by atoms with Gasteiger partial charge in [0.15, 0.2) is 0 Å². The number of aromatic nitrogens is 3. The summed E-state index contributed by atoms with van der Waals surface area (Å²) in [5, 5.41) is 4.00. The summed E-state index contributed by atoms with van der Waals surface area (Å²) < 4.78 is 3.89. The lowest BCUT2D eigenvalue weighted by Crippen LogP contribution is -1.98. The first-order chi connectivity index (χ1) is 6.45. The minimum absolute atomic E-state index is 0.762. The Balaban J connectivity index is 1.94. The summed E-state index contributed by atoms with van der Waals surface area (Å²) in [4.78, 5) is 7.95. The number of pyridine rings is 1. The van der Waals surface area contributed by atoms with Crippen molar-refractivity contribution in [1.82, 2.24) is 14.3 Å². The van der Waals surface area contributed by atoms with Gasteiger partial charge in [-0.05, 0) is 17.7 Å². The Kier molecular flexibility index (Phi) is 2.47. The molecule has 0 amide bonds. The van der Waals surface area contributed by atoms with E-state index in [-0.39, 0.29) is 0 Å². The molecule has 0 spiro atoms. The topological polar surface area (TPSA) is 50.7 Å². The summed E-state index contributed by atoms with van der Waals surface area (Å²) in [6.07, 6.45) is 5.09. The van der Waals surface area contributed by atoms with E-state index in [9.17, 15) is 0 Å². The van der Waals surface area contributed by atoms with Crippen molar-refractivity contribution in [3.63, 3.8) is 0 Å². The van der Waals surface area contributed by atoms with Gasteiger partial charge in [-0.15, -0.1) is 0 Å². The molecule has 0 aliphatic rings. The predicted molar refractivity (Wildman–Crippen MR) is 51.5 cm³/mol. The Hall–Kier alpha value is -1.49. The number of anilines is 1. The molecule has 1 N–H and O–H groups in total. The van der Waals surface area contributed by atoms with E-state index in [1.165, 1.54) is 17.1 Å². The fraction of sp³-hybridized carbons (Fsp3) is 0.125. The molecule has 0 saturated carbocycles. The summed E-state index contributed by atoms with van der Waals surface area (Å²) in [6.45, 7) is 0.762. The normalized spacial score (nSPS) is 9.85. The Labute approximate surface area is 79.8 Å². The maximum atomic E-state index is 4.01. The smallest absolute Gasteiger partial charge is 0.202 e. The first-order valence-corrected chi connectivity index (χ1v) is 4.62. The minimum atomic E-state index is 0.762. The molecular formula is C8H8N4S. The molecule has 0 radical (unpaired) electrons. The van der Waals surface area contributed by atoms with Crippen LogP contribution in [0.3, 0.4) is 0 Å². The molecule has 0 bridgehead atoms. The van der Waals surface area contributed by atoms with E-state index >= 15 is 0 Å². The summed E-state index contributed by atoms with van der Waals surface area (Å²) in [5.74, 6) is 0. The van der Waals surface area contributed by atoms with Crippen molar-refractivity contribution in [2.45, 2.75) is 6.54 Å². The largest absolute Gasteiger partial charge is 0.356 e. The highest BCUT2D eigenvalue weighted by molar-refractivity contribution is 7.09. The van der Waals surface area contributed by atoms with Gasteiger partial charge in [-0.1, -0.05) is 0 Å². The Morgan fingerprint density at radius 3 is 2.85 bits per heavy atom. The number of nitrogens with one attached hydrogen (secondary N) is 1. The molecule has 2 heterocycles. The molecule has 2 aromatic heterocycles. The predicted octanol–water partition coefficient (Wildman–Crippen LogP) is 1.55. The van der Waals surface area contributed by atoms with Gasteiger partial charge in [-0.25, -0.2) is 4.98 Å². The molecule has 0 fully saturated rings. The zero-order chi connectivity index (χ0) is 8.93. The number of rotatable bonds is 3. The molecule has 5 heteroatoms. The third kappa shape index (κ3) is 2.22. The van der Waals surface area contributed by atoms with Crippen LogP contribution in [0.4, 0.5) is 5.13 Å². The molecule has 0 atom stereocenters. The summed E-state index contributed by atoms with van der Waals surface area (Å²) in [5.41, 5.74) is 1.19. The van der Waals surface area contributed by atoms with Gasteiger partial charge in [0.25, 0.3) is 0 Å². The molecule has 13 heavy (non-hydrogen) atoms. The van der Waals surface area contributed by atoms with Crippen LogP contribution >= 0.6 is 11.5 Å². The highest BCUT2D eigenvalue weighted by Gasteiger charge is 1.94. The van der Waals surface area contributed by atoms with Crippen molar-refractivity contribution in [3.8, 4) is 0 Å². The summed E-state index contributed by atoms with van der Waals surface area (Å²) in [6, 6.07) is 3.93. The molecule has 0 aromatic carbocycles. The van der Waals surface area contributed by atoms with E-state index in [1.807, 2.05) is 12.1 Å². The van der Waals surface area contributed by atoms with Gasteiger partial charge in [0, 0.05) is 30.5 Å². The monoisotopic (exact) mass is 192 g/mol. The van der Waals surface area contributed by atoms with Gasteiger partial charge in [0.1, 0.15) is 6.33 Å². The van der Waals surface area contributed by atoms with E-state index in [0.717, 1.165) is 11.7 Å². The quantitative estimate of drug-likeness (QED) is 0.801. The maximum Gasteiger partial charge on any atom is 0.202 e. The van der Waals surface area contributed by atoms with Gasteiger partial charge in [-0.3, -0.25) is 4.98 Å². The number of nitrogens with zero attached hydrogens (tertiary/aromatic N) is 3. The van der Waals surface area contributed by atoms with Crippen molar-refractivity contribution < 1.29 is 0 Å². The number of hydrogen-bond acceptors (Lipinski definition) is 5. The van der Waals surface area contributed by atoms with Crippen LogP contribution in [0.5, 0.6) is 0 Å². The average Bonchev–Trinajstić information content (AvgIpc) is 2.69. The lowest BCUT2D eigenvalue weighted by Gasteiger charge is -2.00. The molecule has 0 unspecified atom stereocenters. The van der Waals surface area contributed by atoms with Crippen LogP contribution in [0, 0.1) is 0 Å². The van der Waals surface area contributed by atoms with Crippen molar-refractivity contribution >= 4 is 16.7 Å². The third-order valence-corrected chi connectivity index (χ3v) is 2.18. The van der Waals surface area contributed by atoms with Crippen LogP contribution in [0.1, 0.15) is 5.56 Å². The maximum absolute atomic E-state index is 4.01. The van der Waals surface area contributed by atoms with Crippen LogP contribution in [0.15, 0.2) is 30.9 Å². The Morgan fingerprint density at radius 2 is 2.15 bits per heavy atom. The van der Waals surface area contributed by atoms with Crippen LogP contribution in [0.25, 0.3) is 0 Å². The zero-order valence-electron chi connectivity index (χ0n) is 6.84. The Bertz CT molecular complexity index is 346. The van der Waals surface area contributed by atoms with Gasteiger partial charge in [0.05, 0.1) is 0 Å². The second kappa shape index (κ2) is 3.95. The third-order valence-electron chi connectivity index (χ3n) is 1.55. The van der Waals surface area contributed by atoms with Gasteiger partial charge in [-0.2, -0.15) is 4.37 Å². The standard InChI is InChI=1S/C8H8N4S/c1-3-9-4-2-7(1)5-10-8-11-6-12-13-8/h1-4,6H,5H2,(H,10,11,12). The molecule has 2 aromatic rings. The van der Waals surface area contributed by atoms with E-state index < -0.39 is 0 Å². The van der Waals surface area contributed by atoms with E-state index in [2.05, 4.69) is 19.7 Å². The van der Waals surface area contributed by atoms with Crippen molar-refractivity contribution in [2.24, 2.45) is 0 Å². The second-order valence-electron chi connectivity index (χ2n) is 2.46. The number of hydrogen-bond donors (Lipinski definition) is 1. The van der Waals surface area contributed by atoms with Crippen molar-refractivity contribution in [1.29, 1.82) is 0 Å². The van der Waals surface area contributed by atoms with Crippen LogP contribution < -0.4 is 5.32 Å². The first-order valence-electron chi connectivity index (χ1n) is 3.84. The van der Waals surface area contributed by atoms with E-state index in [0.29, 0.717) is 0 Å². The SMILES string of the molecule is c1cc(CNc2ncns2)ccn1. The van der Waals surface area contributed by atoms with Gasteiger partial charge < -0.3 is 5.32 Å². The Morgan fingerprint density at radius 1 is 1.31 bits per heavy atom. The highest BCUT2D eigenvalue weighted by Crippen LogP contribution is 2.08. The van der Waals surface area contributed by atoms with Gasteiger partial charge in [0.2, 0.25) is 5.13 Å². The minimum Gasteiger partial charge on any atom is -0.356 e. The highest BCUT2D eigenvalue weighted by atomic mass is 32.1. The fourth-order valence-electron chi connectivity index (χ4n) is 0.929. The first kappa shape index (κ1) is 8.12. The molecular weight excluding hydrogens is 184 g/mol. The van der Waals surface area contributed by atoms with Crippen molar-refractivity contribution in [3.05, 3.63) is 36.4 Å². The lowest BCUT2D eigenvalue weighted by molar-refractivity contribution is 1.11. The summed E-state index contributed by atoms with van der Waals surface area (Å²) >= 11 is 1.35. The van der Waals surface area contributed by atoms with Crippen LogP contribution in [-0.4, -0.2) is 14.3 Å². The van der Waals surface area contributed by atoms with E-state index in [4.69, 9.17) is 0 Å². The molecule has 0 aliphatic heterocycles. The molecule has 4 nitrogen and oxygen atoms in total. The molecule has 66 valence electrons. The second-order valence-corrected chi connectivity index (χ2v) is 3.24. The molecule has 0 aliphatic carbocycles. The average molecular weight is 192 g/mol. The lowest BCUT2D eigenvalue weighted by atomic mass is 10.3. The van der Waals surface area contributed by atoms with Gasteiger partial charge >= 0.3 is 0 Å². The van der Waals surface area contributed by atoms with Crippen LogP contribution in [-0.2, 0) is 6.54 Å². The fourth-order valence-corrected chi connectivity index (χ4v) is 1.35. The summed E-state index contributed by atoms with van der Waals surface area (Å²) in [7, 11) is 0. The van der Waals surface area contributed by atoms with Crippen molar-refractivity contribution in [2.75, 3.05) is 5.32 Å². The molecule has 0 saturated heterocycles. The molecule has 2 rings (SSSR count). The zero-order valence-corrected chi connectivity index (χ0v) is 7.66. The van der Waals surface area contributed by atoms with E-state index in [1.54, 1.807) is 18.7 Å².